The van der Waals surface area contributed by atoms with Crippen LogP contribution in [0, 0.1) is 28.6 Å². The molecule has 1 aliphatic rings. The largest absolute Gasteiger partial charge is 0.466 e. The van der Waals surface area contributed by atoms with Gasteiger partial charge in [-0.3, -0.25) is 9.59 Å². The third-order valence-electron chi connectivity index (χ3n) is 4.83. The van der Waals surface area contributed by atoms with Crippen LogP contribution in [-0.2, 0) is 25.6 Å². The first-order valence-electron chi connectivity index (χ1n) is 8.97. The van der Waals surface area contributed by atoms with E-state index in [2.05, 4.69) is 11.0 Å². The third kappa shape index (κ3) is 4.23. The molecule has 2 atom stereocenters. The maximum Gasteiger partial charge on any atom is 0.311 e. The van der Waals surface area contributed by atoms with Gasteiger partial charge in [0.25, 0.3) is 0 Å². The van der Waals surface area contributed by atoms with Crippen molar-refractivity contribution in [3.05, 3.63) is 35.9 Å². The highest BCUT2D eigenvalue weighted by atomic mass is 16.5. The van der Waals surface area contributed by atoms with Crippen LogP contribution in [0.3, 0.4) is 0 Å². The second-order valence-electron chi connectivity index (χ2n) is 6.58. The van der Waals surface area contributed by atoms with Gasteiger partial charge in [0.2, 0.25) is 0 Å². The molecular weight excluding hydrogens is 332 g/mol. The number of nitrogens with zero attached hydrogens (tertiary/aromatic N) is 2. The molecule has 1 aliphatic carbocycles. The van der Waals surface area contributed by atoms with Crippen LogP contribution in [0.1, 0.15) is 25.8 Å². The number of hydrogen-bond donors (Lipinski definition) is 0. The van der Waals surface area contributed by atoms with Crippen molar-refractivity contribution in [2.45, 2.75) is 26.8 Å². The van der Waals surface area contributed by atoms with Gasteiger partial charge in [-0.05, 0) is 39.4 Å². The van der Waals surface area contributed by atoms with Crippen molar-refractivity contribution < 1.29 is 19.1 Å². The third-order valence-corrected chi connectivity index (χ3v) is 4.83. The van der Waals surface area contributed by atoms with Crippen molar-refractivity contribution in [2.24, 2.45) is 17.3 Å². The Morgan fingerprint density at radius 2 is 1.65 bits per heavy atom. The minimum atomic E-state index is -1.04. The average molecular weight is 358 g/mol. The molecule has 0 aromatic heterocycles. The fourth-order valence-electron chi connectivity index (χ4n) is 3.45. The van der Waals surface area contributed by atoms with Gasteiger partial charge in [-0.2, -0.15) is 5.26 Å². The van der Waals surface area contributed by atoms with E-state index in [0.29, 0.717) is 13.0 Å². The monoisotopic (exact) mass is 358 g/mol. The van der Waals surface area contributed by atoms with Gasteiger partial charge in [0.1, 0.15) is 0 Å². The summed E-state index contributed by atoms with van der Waals surface area (Å²) in [5, 5.41) is 9.75. The summed E-state index contributed by atoms with van der Waals surface area (Å²) >= 11 is 0. The molecule has 1 aromatic carbocycles. The van der Waals surface area contributed by atoms with Crippen LogP contribution in [-0.4, -0.2) is 43.6 Å². The zero-order valence-corrected chi connectivity index (χ0v) is 15.6. The molecule has 0 radical (unpaired) electrons. The molecule has 1 saturated carbocycles. The number of ether oxygens (including phenoxy) is 2. The van der Waals surface area contributed by atoms with Crippen LogP contribution in [0.25, 0.3) is 0 Å². The van der Waals surface area contributed by atoms with Gasteiger partial charge in [0.05, 0.1) is 36.5 Å². The van der Waals surface area contributed by atoms with Gasteiger partial charge >= 0.3 is 11.9 Å². The van der Waals surface area contributed by atoms with Crippen molar-refractivity contribution in [3.8, 4) is 6.07 Å². The maximum atomic E-state index is 12.2. The molecule has 0 bridgehead atoms. The molecule has 0 aliphatic heterocycles. The van der Waals surface area contributed by atoms with E-state index in [1.807, 2.05) is 37.4 Å². The van der Waals surface area contributed by atoms with Crippen molar-refractivity contribution in [2.75, 3.05) is 26.8 Å². The van der Waals surface area contributed by atoms with Crippen molar-refractivity contribution in [1.29, 1.82) is 5.26 Å². The summed E-state index contributed by atoms with van der Waals surface area (Å²) in [4.78, 5) is 26.6. The van der Waals surface area contributed by atoms with Gasteiger partial charge in [0, 0.05) is 6.54 Å². The highest BCUT2D eigenvalue weighted by Gasteiger charge is 2.73. The Bertz CT molecular complexity index is 644. The lowest BCUT2D eigenvalue weighted by atomic mass is 9.98. The fraction of sp³-hybridized carbons (Fsp3) is 0.550. The van der Waals surface area contributed by atoms with Crippen LogP contribution in [0.2, 0.25) is 0 Å². The first-order chi connectivity index (χ1) is 12.5. The molecule has 0 N–H and O–H groups in total. The topological polar surface area (TPSA) is 79.6 Å². The Kier molecular flexibility index (Phi) is 6.76. The van der Waals surface area contributed by atoms with E-state index < -0.39 is 29.2 Å². The minimum Gasteiger partial charge on any atom is -0.466 e. The molecule has 1 aromatic rings. The van der Waals surface area contributed by atoms with E-state index in [1.165, 1.54) is 5.56 Å². The Labute approximate surface area is 154 Å². The van der Waals surface area contributed by atoms with E-state index in [9.17, 15) is 14.9 Å². The number of benzene rings is 1. The lowest BCUT2D eigenvalue weighted by Gasteiger charge is -2.19. The van der Waals surface area contributed by atoms with E-state index in [1.54, 1.807) is 13.8 Å². The summed E-state index contributed by atoms with van der Waals surface area (Å²) in [6.07, 6.45) is 0.416. The minimum absolute atomic E-state index is 0.223. The second kappa shape index (κ2) is 8.81. The number of hydrogen-bond acceptors (Lipinski definition) is 6. The summed E-state index contributed by atoms with van der Waals surface area (Å²) < 4.78 is 10.1. The standard InChI is InChI=1S/C20H26N2O4/c1-4-25-18(23)16-17(19(24)26-5-2)20(16,14-21)11-12-22(3)13-15-9-7-6-8-10-15/h6-10,16-17H,4-5,11-13H2,1-3H3/t16-,17-/m1/s1. The van der Waals surface area contributed by atoms with Crippen molar-refractivity contribution >= 4 is 11.9 Å². The summed E-state index contributed by atoms with van der Waals surface area (Å²) in [6.45, 7) is 5.19. The van der Waals surface area contributed by atoms with Crippen LogP contribution >= 0.6 is 0 Å². The molecule has 0 heterocycles. The number of rotatable bonds is 9. The van der Waals surface area contributed by atoms with E-state index >= 15 is 0 Å². The van der Waals surface area contributed by atoms with Crippen LogP contribution < -0.4 is 0 Å². The maximum absolute atomic E-state index is 12.2. The summed E-state index contributed by atoms with van der Waals surface area (Å²) in [5.74, 6) is -2.45. The first kappa shape index (κ1) is 19.9. The Balaban J connectivity index is 2.05. The molecule has 0 spiro atoms. The Morgan fingerprint density at radius 1 is 1.12 bits per heavy atom. The molecule has 140 valence electrons. The Hall–Kier alpha value is -2.39. The number of esters is 2. The van der Waals surface area contributed by atoms with Gasteiger partial charge in [-0.15, -0.1) is 0 Å². The van der Waals surface area contributed by atoms with Gasteiger partial charge in [-0.25, -0.2) is 0 Å². The van der Waals surface area contributed by atoms with Gasteiger partial charge < -0.3 is 14.4 Å². The van der Waals surface area contributed by atoms with Crippen molar-refractivity contribution in [3.63, 3.8) is 0 Å². The van der Waals surface area contributed by atoms with Crippen LogP contribution in [0.15, 0.2) is 30.3 Å². The highest BCUT2D eigenvalue weighted by molar-refractivity contribution is 5.91. The lowest BCUT2D eigenvalue weighted by Crippen LogP contribution is -2.24. The molecule has 26 heavy (non-hydrogen) atoms. The fourth-order valence-corrected chi connectivity index (χ4v) is 3.45. The molecule has 1 fully saturated rings. The summed E-state index contributed by atoms with van der Waals surface area (Å²) in [6, 6.07) is 12.2. The van der Waals surface area contributed by atoms with E-state index in [-0.39, 0.29) is 13.2 Å². The molecule has 0 amide bonds. The Morgan fingerprint density at radius 3 is 2.12 bits per heavy atom. The molecular formula is C20H26N2O4. The number of carbonyl (C=O) groups is 2. The van der Waals surface area contributed by atoms with E-state index in [4.69, 9.17) is 9.47 Å². The van der Waals surface area contributed by atoms with Gasteiger partial charge in [-0.1, -0.05) is 30.3 Å². The lowest BCUT2D eigenvalue weighted by molar-refractivity contribution is -0.150. The number of nitriles is 1. The van der Waals surface area contributed by atoms with E-state index in [0.717, 1.165) is 6.54 Å². The molecule has 6 nitrogen and oxygen atoms in total. The number of carbonyl (C=O) groups excluding carboxylic acids is 2. The average Bonchev–Trinajstić information content (AvgIpc) is 3.31. The summed E-state index contributed by atoms with van der Waals surface area (Å²) in [7, 11) is 1.96. The molecule has 0 saturated heterocycles. The summed E-state index contributed by atoms with van der Waals surface area (Å²) in [5.41, 5.74) is 0.129. The molecule has 6 heteroatoms. The zero-order chi connectivity index (χ0) is 19.2. The predicted molar refractivity (Wildman–Crippen MR) is 95.7 cm³/mol. The highest BCUT2D eigenvalue weighted by Crippen LogP contribution is 2.61. The second-order valence-corrected chi connectivity index (χ2v) is 6.58. The molecule has 0 unspecified atom stereocenters. The normalized spacial score (nSPS) is 24.0. The zero-order valence-electron chi connectivity index (χ0n) is 15.6. The quantitative estimate of drug-likeness (QED) is 0.631. The van der Waals surface area contributed by atoms with Crippen LogP contribution in [0.5, 0.6) is 0 Å². The predicted octanol–water partition coefficient (Wildman–Crippen LogP) is 2.39. The van der Waals surface area contributed by atoms with Gasteiger partial charge in [0.15, 0.2) is 0 Å². The molecule has 2 rings (SSSR count). The first-order valence-corrected chi connectivity index (χ1v) is 8.97. The SMILES string of the molecule is CCOC(=O)[C@H]1[C@H](C(=O)OCC)C1(C#N)CCN(C)Cc1ccccc1. The smallest absolute Gasteiger partial charge is 0.311 e. The van der Waals surface area contributed by atoms with Crippen LogP contribution in [0.4, 0.5) is 0 Å². The van der Waals surface area contributed by atoms with Crippen molar-refractivity contribution in [1.82, 2.24) is 4.90 Å².